The van der Waals surface area contributed by atoms with Crippen LogP contribution in [-0.2, 0) is 11.3 Å². The first kappa shape index (κ1) is 12.4. The highest BCUT2D eigenvalue weighted by atomic mass is 16.3. The predicted octanol–water partition coefficient (Wildman–Crippen LogP) is 0.197. The van der Waals surface area contributed by atoms with Gasteiger partial charge in [0.2, 0.25) is 5.91 Å². The van der Waals surface area contributed by atoms with E-state index in [1.807, 2.05) is 12.1 Å². The van der Waals surface area contributed by atoms with Gasteiger partial charge in [-0.1, -0.05) is 6.07 Å². The zero-order valence-electron chi connectivity index (χ0n) is 10.1. The van der Waals surface area contributed by atoms with Crippen LogP contribution in [0.3, 0.4) is 0 Å². The van der Waals surface area contributed by atoms with Crippen LogP contribution in [0.2, 0.25) is 0 Å². The molecule has 2 rings (SSSR count). The number of carbonyl (C=O) groups is 1. The second-order valence-corrected chi connectivity index (χ2v) is 4.18. The molecule has 1 amide bonds. The van der Waals surface area contributed by atoms with Crippen LogP contribution in [0.1, 0.15) is 12.0 Å². The third-order valence-electron chi connectivity index (χ3n) is 2.75. The normalized spacial score (nSPS) is 10.8. The summed E-state index contributed by atoms with van der Waals surface area (Å²) in [4.78, 5) is 29.5. The van der Waals surface area contributed by atoms with Crippen LogP contribution >= 0.6 is 0 Å². The third-order valence-corrected chi connectivity index (χ3v) is 2.75. The van der Waals surface area contributed by atoms with E-state index in [9.17, 15) is 9.59 Å². The zero-order valence-corrected chi connectivity index (χ0v) is 10.1. The molecular weight excluding hydrogens is 234 g/mol. The van der Waals surface area contributed by atoms with Gasteiger partial charge in [-0.25, -0.2) is 4.79 Å². The molecule has 0 aliphatic heterocycles. The van der Waals surface area contributed by atoms with Gasteiger partial charge in [-0.05, 0) is 17.7 Å². The van der Waals surface area contributed by atoms with Crippen molar-refractivity contribution in [1.29, 1.82) is 0 Å². The van der Waals surface area contributed by atoms with E-state index in [0.717, 1.165) is 16.6 Å². The molecular formula is C12H15N3O3. The van der Waals surface area contributed by atoms with Crippen molar-refractivity contribution in [3.05, 3.63) is 34.2 Å². The van der Waals surface area contributed by atoms with Crippen molar-refractivity contribution in [2.24, 2.45) is 0 Å². The van der Waals surface area contributed by atoms with Gasteiger partial charge < -0.3 is 20.0 Å². The maximum Gasteiger partial charge on any atom is 0.323 e. The standard InChI is InChI=1S/C12H15N3O3/c1-15(11(17)4-5-16)7-8-2-3-9-10(6-8)14-12(18)13-9/h2-3,6,16H,4-5,7H2,1H3,(H2,13,14,18). The van der Waals surface area contributed by atoms with Crippen molar-refractivity contribution in [1.82, 2.24) is 14.9 Å². The fraction of sp³-hybridized carbons (Fsp3) is 0.333. The first-order chi connectivity index (χ1) is 8.60. The summed E-state index contributed by atoms with van der Waals surface area (Å²) in [5.41, 5.74) is 2.15. The molecule has 0 saturated heterocycles. The fourth-order valence-corrected chi connectivity index (χ4v) is 1.83. The number of hydrogen-bond donors (Lipinski definition) is 3. The molecule has 1 heterocycles. The van der Waals surface area contributed by atoms with Crippen molar-refractivity contribution in [3.8, 4) is 0 Å². The van der Waals surface area contributed by atoms with E-state index in [4.69, 9.17) is 5.11 Å². The average Bonchev–Trinajstić information content (AvgIpc) is 2.68. The van der Waals surface area contributed by atoms with E-state index in [0.29, 0.717) is 6.54 Å². The van der Waals surface area contributed by atoms with Crippen LogP contribution in [0, 0.1) is 0 Å². The number of imidazole rings is 1. The van der Waals surface area contributed by atoms with Crippen LogP contribution in [0.4, 0.5) is 0 Å². The molecule has 18 heavy (non-hydrogen) atoms. The summed E-state index contributed by atoms with van der Waals surface area (Å²) in [5.74, 6) is -0.111. The second-order valence-electron chi connectivity index (χ2n) is 4.18. The topological polar surface area (TPSA) is 89.2 Å². The Morgan fingerprint density at radius 3 is 2.78 bits per heavy atom. The van der Waals surface area contributed by atoms with Crippen molar-refractivity contribution < 1.29 is 9.90 Å². The summed E-state index contributed by atoms with van der Waals surface area (Å²) in [6, 6.07) is 5.48. The summed E-state index contributed by atoms with van der Waals surface area (Å²) in [6.07, 6.45) is 0.125. The van der Waals surface area contributed by atoms with E-state index in [2.05, 4.69) is 9.97 Å². The lowest BCUT2D eigenvalue weighted by molar-refractivity contribution is -0.131. The molecule has 0 aliphatic rings. The maximum atomic E-state index is 11.5. The molecule has 2 aromatic rings. The number of aromatic nitrogens is 2. The number of aliphatic hydroxyl groups excluding tert-OH is 1. The molecule has 1 aromatic heterocycles. The average molecular weight is 249 g/mol. The summed E-state index contributed by atoms with van der Waals surface area (Å²) in [7, 11) is 1.68. The monoisotopic (exact) mass is 249 g/mol. The zero-order chi connectivity index (χ0) is 13.1. The lowest BCUT2D eigenvalue weighted by Crippen LogP contribution is -2.26. The van der Waals surface area contributed by atoms with Crippen molar-refractivity contribution in [3.63, 3.8) is 0 Å². The second kappa shape index (κ2) is 5.05. The number of rotatable bonds is 4. The molecule has 1 aromatic carbocycles. The van der Waals surface area contributed by atoms with Crippen molar-refractivity contribution in [2.75, 3.05) is 13.7 Å². The number of fused-ring (bicyclic) bond motifs is 1. The Bertz CT molecular complexity index is 614. The Morgan fingerprint density at radius 1 is 1.33 bits per heavy atom. The number of hydrogen-bond acceptors (Lipinski definition) is 3. The molecule has 0 atom stereocenters. The van der Waals surface area contributed by atoms with Gasteiger partial charge >= 0.3 is 5.69 Å². The first-order valence-electron chi connectivity index (χ1n) is 5.66. The maximum absolute atomic E-state index is 11.5. The van der Waals surface area contributed by atoms with Crippen LogP contribution in [0.15, 0.2) is 23.0 Å². The summed E-state index contributed by atoms with van der Waals surface area (Å²) >= 11 is 0. The molecule has 0 bridgehead atoms. The third kappa shape index (κ3) is 2.60. The van der Waals surface area contributed by atoms with Gasteiger partial charge in [-0.15, -0.1) is 0 Å². The highest BCUT2D eigenvalue weighted by molar-refractivity contribution is 5.77. The van der Waals surface area contributed by atoms with Gasteiger partial charge in [0, 0.05) is 20.0 Å². The minimum atomic E-state index is -0.244. The summed E-state index contributed by atoms with van der Waals surface area (Å²) in [5, 5.41) is 8.70. The Kier molecular flexibility index (Phi) is 3.47. The number of nitrogens with zero attached hydrogens (tertiary/aromatic N) is 1. The number of benzene rings is 1. The molecule has 0 spiro atoms. The highest BCUT2D eigenvalue weighted by Gasteiger charge is 2.09. The van der Waals surface area contributed by atoms with Gasteiger partial charge in [-0.2, -0.15) is 0 Å². The Hall–Kier alpha value is -2.08. The lowest BCUT2D eigenvalue weighted by atomic mass is 10.2. The molecule has 0 unspecified atom stereocenters. The minimum absolute atomic E-state index is 0.111. The Balaban J connectivity index is 2.16. The van der Waals surface area contributed by atoms with E-state index < -0.39 is 0 Å². The molecule has 0 radical (unpaired) electrons. The van der Waals surface area contributed by atoms with Crippen LogP contribution < -0.4 is 5.69 Å². The molecule has 6 heteroatoms. The van der Waals surface area contributed by atoms with Gasteiger partial charge in [0.25, 0.3) is 0 Å². The number of H-pyrrole nitrogens is 2. The van der Waals surface area contributed by atoms with E-state index >= 15 is 0 Å². The largest absolute Gasteiger partial charge is 0.396 e. The van der Waals surface area contributed by atoms with Crippen molar-refractivity contribution in [2.45, 2.75) is 13.0 Å². The predicted molar refractivity (Wildman–Crippen MR) is 67.1 cm³/mol. The van der Waals surface area contributed by atoms with Crippen LogP contribution in [0.5, 0.6) is 0 Å². The van der Waals surface area contributed by atoms with Gasteiger partial charge in [0.1, 0.15) is 0 Å². The summed E-state index contributed by atoms with van der Waals surface area (Å²) < 4.78 is 0. The van der Waals surface area contributed by atoms with Crippen molar-refractivity contribution >= 4 is 16.9 Å². The molecule has 0 fully saturated rings. The SMILES string of the molecule is CN(Cc1ccc2[nH]c(=O)[nH]c2c1)C(=O)CCO. The smallest absolute Gasteiger partial charge is 0.323 e. The Labute approximate surface area is 103 Å². The number of aliphatic hydroxyl groups is 1. The number of amides is 1. The number of carbonyl (C=O) groups excluding carboxylic acids is 1. The van der Waals surface area contributed by atoms with Gasteiger partial charge in [0.15, 0.2) is 0 Å². The van der Waals surface area contributed by atoms with E-state index in [-0.39, 0.29) is 24.6 Å². The van der Waals surface area contributed by atoms with Gasteiger partial charge in [-0.3, -0.25) is 4.79 Å². The molecule has 6 nitrogen and oxygen atoms in total. The fourth-order valence-electron chi connectivity index (χ4n) is 1.83. The van der Waals surface area contributed by atoms with E-state index in [1.54, 1.807) is 18.0 Å². The summed E-state index contributed by atoms with van der Waals surface area (Å²) in [6.45, 7) is 0.301. The van der Waals surface area contributed by atoms with Gasteiger partial charge in [0.05, 0.1) is 17.6 Å². The number of nitrogens with one attached hydrogen (secondary N) is 2. The molecule has 96 valence electrons. The quantitative estimate of drug-likeness (QED) is 0.723. The van der Waals surface area contributed by atoms with Crippen LogP contribution in [-0.4, -0.2) is 39.5 Å². The minimum Gasteiger partial charge on any atom is -0.396 e. The lowest BCUT2D eigenvalue weighted by Gasteiger charge is -2.16. The molecule has 0 saturated carbocycles. The number of aromatic amines is 2. The molecule has 3 N–H and O–H groups in total. The Morgan fingerprint density at radius 2 is 2.06 bits per heavy atom. The highest BCUT2D eigenvalue weighted by Crippen LogP contribution is 2.12. The van der Waals surface area contributed by atoms with Crippen LogP contribution in [0.25, 0.3) is 11.0 Å². The van der Waals surface area contributed by atoms with E-state index in [1.165, 1.54) is 0 Å². The molecule has 0 aliphatic carbocycles. The first-order valence-corrected chi connectivity index (χ1v) is 5.66.